The Labute approximate surface area is 215 Å². The fraction of sp³-hybridized carbons (Fsp3) is 0.409. The molecular formula is C22H29N5O11. The molecule has 0 spiro atoms. The molecule has 16 nitrogen and oxygen atoms in total. The molecule has 4 unspecified atom stereocenters. The van der Waals surface area contributed by atoms with E-state index in [1.54, 1.807) is 0 Å². The van der Waals surface area contributed by atoms with E-state index in [0.29, 0.717) is 5.56 Å². The molecule has 0 fully saturated rings. The van der Waals surface area contributed by atoms with E-state index in [4.69, 9.17) is 21.7 Å². The van der Waals surface area contributed by atoms with E-state index >= 15 is 0 Å². The van der Waals surface area contributed by atoms with Gasteiger partial charge in [-0.15, -0.1) is 0 Å². The second-order valence-electron chi connectivity index (χ2n) is 8.20. The number of benzene rings is 1. The van der Waals surface area contributed by atoms with Gasteiger partial charge in [-0.3, -0.25) is 28.8 Å². The van der Waals surface area contributed by atoms with Gasteiger partial charge >= 0.3 is 17.9 Å². The molecule has 0 aliphatic rings. The second kappa shape index (κ2) is 14.7. The maximum absolute atomic E-state index is 12.8. The molecule has 0 saturated heterocycles. The van der Waals surface area contributed by atoms with Crippen molar-refractivity contribution >= 4 is 41.5 Å². The molecule has 0 aliphatic carbocycles. The summed E-state index contributed by atoms with van der Waals surface area (Å²) in [6.45, 7) is 0. The van der Waals surface area contributed by atoms with Crippen LogP contribution >= 0.6 is 0 Å². The molecule has 0 radical (unpaired) electrons. The lowest BCUT2D eigenvalue weighted by molar-refractivity contribution is -0.144. The molecule has 0 aliphatic heterocycles. The van der Waals surface area contributed by atoms with Crippen molar-refractivity contribution in [2.75, 3.05) is 0 Å². The number of aliphatic carboxylic acids is 3. The molecule has 0 heterocycles. The quantitative estimate of drug-likeness (QED) is 0.102. The standard InChI is InChI=1S/C22H29N5O11/c23-12(7-10-1-3-11(28)4-2-10)19(34)26-14(9-18(32)33)21(36)25-13(5-6-17(30)31)20(35)27-15(22(37)38)8-16(24)29/h1-4,12-15,28H,5-9,23H2,(H2,24,29)(H,25,36)(H,26,34)(H,27,35)(H,30,31)(H,32,33)(H,37,38). The highest BCUT2D eigenvalue weighted by atomic mass is 16.4. The highest BCUT2D eigenvalue weighted by molar-refractivity contribution is 5.96. The molecule has 0 aromatic heterocycles. The number of rotatable bonds is 16. The smallest absolute Gasteiger partial charge is 0.326 e. The summed E-state index contributed by atoms with van der Waals surface area (Å²) in [4.78, 5) is 82.6. The third-order valence-corrected chi connectivity index (χ3v) is 5.04. The molecule has 38 heavy (non-hydrogen) atoms. The van der Waals surface area contributed by atoms with E-state index < -0.39 is 91.4 Å². The van der Waals surface area contributed by atoms with E-state index in [0.717, 1.165) is 0 Å². The van der Waals surface area contributed by atoms with Crippen LogP contribution in [0.1, 0.15) is 31.2 Å². The van der Waals surface area contributed by atoms with Gasteiger partial charge in [-0.1, -0.05) is 12.1 Å². The molecule has 11 N–H and O–H groups in total. The Kier molecular flexibility index (Phi) is 12.1. The number of hydrogen-bond donors (Lipinski definition) is 9. The monoisotopic (exact) mass is 539 g/mol. The van der Waals surface area contributed by atoms with Crippen molar-refractivity contribution in [3.05, 3.63) is 29.8 Å². The maximum atomic E-state index is 12.8. The number of carbonyl (C=O) groups is 7. The van der Waals surface area contributed by atoms with E-state index in [2.05, 4.69) is 10.6 Å². The summed E-state index contributed by atoms with van der Waals surface area (Å²) in [5, 5.41) is 42.9. The summed E-state index contributed by atoms with van der Waals surface area (Å²) in [6.07, 6.45) is -2.95. The van der Waals surface area contributed by atoms with Crippen molar-refractivity contribution in [3.8, 4) is 5.75 Å². The van der Waals surface area contributed by atoms with Gasteiger partial charge in [-0.05, 0) is 30.5 Å². The summed E-state index contributed by atoms with van der Waals surface area (Å²) in [7, 11) is 0. The highest BCUT2D eigenvalue weighted by Gasteiger charge is 2.32. The summed E-state index contributed by atoms with van der Waals surface area (Å²) in [5.41, 5.74) is 11.4. The summed E-state index contributed by atoms with van der Waals surface area (Å²) < 4.78 is 0. The van der Waals surface area contributed by atoms with Crippen molar-refractivity contribution < 1.29 is 54.0 Å². The first-order chi connectivity index (χ1) is 17.7. The van der Waals surface area contributed by atoms with E-state index in [1.807, 2.05) is 5.32 Å². The Hall–Kier alpha value is -4.73. The lowest BCUT2D eigenvalue weighted by Crippen LogP contribution is -2.58. The van der Waals surface area contributed by atoms with E-state index in [9.17, 15) is 43.8 Å². The summed E-state index contributed by atoms with van der Waals surface area (Å²) >= 11 is 0. The van der Waals surface area contributed by atoms with Crippen LogP contribution in [0, 0.1) is 0 Å². The number of carboxylic acid groups (broad SMARTS) is 3. The van der Waals surface area contributed by atoms with Crippen molar-refractivity contribution in [2.24, 2.45) is 11.5 Å². The van der Waals surface area contributed by atoms with Crippen LogP contribution in [0.2, 0.25) is 0 Å². The first-order valence-electron chi connectivity index (χ1n) is 11.1. The molecule has 0 bridgehead atoms. The average molecular weight is 539 g/mol. The third-order valence-electron chi connectivity index (χ3n) is 5.04. The zero-order valence-corrected chi connectivity index (χ0v) is 20.0. The van der Waals surface area contributed by atoms with Crippen LogP contribution in [0.3, 0.4) is 0 Å². The molecular weight excluding hydrogens is 510 g/mol. The number of hydrogen-bond acceptors (Lipinski definition) is 9. The average Bonchev–Trinajstić information content (AvgIpc) is 2.81. The minimum Gasteiger partial charge on any atom is -0.508 e. The van der Waals surface area contributed by atoms with Gasteiger partial charge in [0.2, 0.25) is 23.6 Å². The number of primary amides is 1. The Balaban J connectivity index is 3.02. The van der Waals surface area contributed by atoms with Crippen molar-refractivity contribution in [1.82, 2.24) is 16.0 Å². The number of amides is 4. The SMILES string of the molecule is NC(=O)CC(NC(=O)C(CCC(=O)O)NC(=O)C(CC(=O)O)NC(=O)C(N)Cc1ccc(O)cc1)C(=O)O. The Morgan fingerprint density at radius 3 is 1.76 bits per heavy atom. The zero-order chi connectivity index (χ0) is 29.0. The molecule has 4 atom stereocenters. The fourth-order valence-corrected chi connectivity index (χ4v) is 3.12. The predicted molar refractivity (Wildman–Crippen MR) is 126 cm³/mol. The first kappa shape index (κ1) is 31.3. The van der Waals surface area contributed by atoms with Gasteiger partial charge in [-0.2, -0.15) is 0 Å². The maximum Gasteiger partial charge on any atom is 0.326 e. The molecule has 0 saturated carbocycles. The molecule has 208 valence electrons. The topological polar surface area (TPSA) is 289 Å². The largest absolute Gasteiger partial charge is 0.508 e. The van der Waals surface area contributed by atoms with Crippen LogP contribution in [0.25, 0.3) is 0 Å². The minimum absolute atomic E-state index is 0.0178. The number of phenols is 1. The Bertz CT molecular complexity index is 1060. The molecule has 16 heteroatoms. The van der Waals surface area contributed by atoms with Gasteiger partial charge in [0.05, 0.1) is 18.9 Å². The van der Waals surface area contributed by atoms with Crippen molar-refractivity contribution in [3.63, 3.8) is 0 Å². The number of nitrogens with two attached hydrogens (primary N) is 2. The van der Waals surface area contributed by atoms with Gasteiger partial charge in [0, 0.05) is 6.42 Å². The van der Waals surface area contributed by atoms with Gasteiger partial charge in [0.15, 0.2) is 0 Å². The van der Waals surface area contributed by atoms with Crippen LogP contribution in [-0.2, 0) is 40.0 Å². The second-order valence-corrected chi connectivity index (χ2v) is 8.20. The number of nitrogens with one attached hydrogen (secondary N) is 3. The predicted octanol–water partition coefficient (Wildman–Crippen LogP) is -2.98. The van der Waals surface area contributed by atoms with Crippen LogP contribution in [0.5, 0.6) is 5.75 Å². The van der Waals surface area contributed by atoms with Crippen LogP contribution < -0.4 is 27.4 Å². The summed E-state index contributed by atoms with van der Waals surface area (Å²) in [6, 6.07) is -0.713. The molecule has 1 aromatic rings. The number of carbonyl (C=O) groups excluding carboxylic acids is 4. The van der Waals surface area contributed by atoms with Crippen LogP contribution in [0.15, 0.2) is 24.3 Å². The van der Waals surface area contributed by atoms with Gasteiger partial charge < -0.3 is 47.8 Å². The lowest BCUT2D eigenvalue weighted by Gasteiger charge is -2.24. The highest BCUT2D eigenvalue weighted by Crippen LogP contribution is 2.11. The van der Waals surface area contributed by atoms with E-state index in [1.165, 1.54) is 24.3 Å². The van der Waals surface area contributed by atoms with Gasteiger partial charge in [0.25, 0.3) is 0 Å². The Morgan fingerprint density at radius 1 is 0.737 bits per heavy atom. The normalized spacial score (nSPS) is 13.7. The molecule has 1 aromatic carbocycles. The van der Waals surface area contributed by atoms with Crippen LogP contribution in [0.4, 0.5) is 0 Å². The number of phenolic OH excluding ortho intramolecular Hbond substituents is 1. The Morgan fingerprint density at radius 2 is 1.26 bits per heavy atom. The lowest BCUT2D eigenvalue weighted by atomic mass is 10.0. The van der Waals surface area contributed by atoms with Crippen LogP contribution in [-0.4, -0.2) is 86.1 Å². The van der Waals surface area contributed by atoms with Gasteiger partial charge in [0.1, 0.15) is 23.9 Å². The van der Waals surface area contributed by atoms with E-state index in [-0.39, 0.29) is 12.2 Å². The van der Waals surface area contributed by atoms with Gasteiger partial charge in [-0.25, -0.2) is 4.79 Å². The third kappa shape index (κ3) is 11.3. The molecule has 4 amide bonds. The number of aromatic hydroxyl groups is 1. The first-order valence-corrected chi connectivity index (χ1v) is 11.1. The fourth-order valence-electron chi connectivity index (χ4n) is 3.12. The van der Waals surface area contributed by atoms with Crippen molar-refractivity contribution in [1.29, 1.82) is 0 Å². The number of carboxylic acids is 3. The minimum atomic E-state index is -1.78. The van der Waals surface area contributed by atoms with Crippen molar-refractivity contribution in [2.45, 2.75) is 56.3 Å². The summed E-state index contributed by atoms with van der Waals surface area (Å²) in [5.74, 6) is -8.86. The molecule has 1 rings (SSSR count). The zero-order valence-electron chi connectivity index (χ0n) is 20.0.